The standard InChI is InChI=1S/C11H20N2O/c1-4-9(2)13(3)8-10-5-6-14-11(10)7-12/h5-6,9H,4,7-8,12H2,1-3H3. The second-order valence-electron chi connectivity index (χ2n) is 3.75. The van der Waals surface area contributed by atoms with E-state index in [2.05, 4.69) is 25.8 Å². The monoisotopic (exact) mass is 196 g/mol. The van der Waals surface area contributed by atoms with Gasteiger partial charge in [-0.25, -0.2) is 0 Å². The molecule has 0 aromatic carbocycles. The molecule has 1 unspecified atom stereocenters. The number of hydrogen-bond acceptors (Lipinski definition) is 3. The van der Waals surface area contributed by atoms with Gasteiger partial charge in [0.2, 0.25) is 0 Å². The molecule has 0 aliphatic rings. The van der Waals surface area contributed by atoms with E-state index in [0.717, 1.165) is 18.7 Å². The van der Waals surface area contributed by atoms with Crippen molar-refractivity contribution in [3.8, 4) is 0 Å². The Morgan fingerprint density at radius 2 is 2.29 bits per heavy atom. The van der Waals surface area contributed by atoms with Crippen LogP contribution in [0, 0.1) is 0 Å². The average Bonchev–Trinajstić information content (AvgIpc) is 2.63. The maximum absolute atomic E-state index is 5.57. The summed E-state index contributed by atoms with van der Waals surface area (Å²) in [5.41, 5.74) is 6.77. The summed E-state index contributed by atoms with van der Waals surface area (Å²) in [6.07, 6.45) is 2.87. The number of nitrogens with two attached hydrogens (primary N) is 1. The normalized spacial score (nSPS) is 13.5. The van der Waals surface area contributed by atoms with Crippen LogP contribution in [-0.4, -0.2) is 18.0 Å². The molecule has 0 aliphatic heterocycles. The Bertz CT molecular complexity index is 270. The lowest BCUT2D eigenvalue weighted by atomic mass is 10.2. The van der Waals surface area contributed by atoms with Crippen LogP contribution in [-0.2, 0) is 13.1 Å². The second kappa shape index (κ2) is 5.17. The summed E-state index contributed by atoms with van der Waals surface area (Å²) in [4.78, 5) is 2.31. The molecule has 80 valence electrons. The highest BCUT2D eigenvalue weighted by Crippen LogP contribution is 2.14. The van der Waals surface area contributed by atoms with E-state index in [0.29, 0.717) is 12.6 Å². The zero-order chi connectivity index (χ0) is 10.6. The molecule has 0 radical (unpaired) electrons. The summed E-state index contributed by atoms with van der Waals surface area (Å²) in [5, 5.41) is 0. The van der Waals surface area contributed by atoms with Crippen molar-refractivity contribution in [1.29, 1.82) is 0 Å². The zero-order valence-electron chi connectivity index (χ0n) is 9.29. The van der Waals surface area contributed by atoms with Crippen molar-refractivity contribution in [2.24, 2.45) is 5.73 Å². The van der Waals surface area contributed by atoms with Gasteiger partial charge in [-0.1, -0.05) is 6.92 Å². The SMILES string of the molecule is CCC(C)N(C)Cc1ccoc1CN. The fourth-order valence-corrected chi connectivity index (χ4v) is 1.42. The molecule has 1 aromatic heterocycles. The van der Waals surface area contributed by atoms with Gasteiger partial charge in [0.15, 0.2) is 0 Å². The molecule has 3 nitrogen and oxygen atoms in total. The molecule has 1 rings (SSSR count). The molecular formula is C11H20N2O. The van der Waals surface area contributed by atoms with Crippen LogP contribution in [0.3, 0.4) is 0 Å². The van der Waals surface area contributed by atoms with Gasteiger partial charge in [-0.05, 0) is 26.5 Å². The quantitative estimate of drug-likeness (QED) is 0.783. The average molecular weight is 196 g/mol. The molecule has 0 spiro atoms. The van der Waals surface area contributed by atoms with Crippen LogP contribution in [0.25, 0.3) is 0 Å². The van der Waals surface area contributed by atoms with Crippen LogP contribution in [0.15, 0.2) is 16.7 Å². The van der Waals surface area contributed by atoms with E-state index >= 15 is 0 Å². The molecule has 0 fully saturated rings. The van der Waals surface area contributed by atoms with E-state index in [-0.39, 0.29) is 0 Å². The van der Waals surface area contributed by atoms with Gasteiger partial charge >= 0.3 is 0 Å². The minimum Gasteiger partial charge on any atom is -0.468 e. The van der Waals surface area contributed by atoms with Gasteiger partial charge in [0, 0.05) is 18.2 Å². The van der Waals surface area contributed by atoms with Crippen molar-refractivity contribution in [2.75, 3.05) is 7.05 Å². The van der Waals surface area contributed by atoms with Crippen molar-refractivity contribution < 1.29 is 4.42 Å². The molecular weight excluding hydrogens is 176 g/mol. The fourth-order valence-electron chi connectivity index (χ4n) is 1.42. The molecule has 1 aromatic rings. The number of rotatable bonds is 5. The lowest BCUT2D eigenvalue weighted by Crippen LogP contribution is -2.28. The highest BCUT2D eigenvalue weighted by atomic mass is 16.3. The number of nitrogens with zero attached hydrogens (tertiary/aromatic N) is 1. The van der Waals surface area contributed by atoms with Crippen molar-refractivity contribution in [2.45, 2.75) is 39.4 Å². The van der Waals surface area contributed by atoms with Gasteiger partial charge in [-0.3, -0.25) is 4.90 Å². The first-order valence-corrected chi connectivity index (χ1v) is 5.14. The van der Waals surface area contributed by atoms with Gasteiger partial charge < -0.3 is 10.2 Å². The molecule has 0 bridgehead atoms. The van der Waals surface area contributed by atoms with Crippen LogP contribution in [0.2, 0.25) is 0 Å². The van der Waals surface area contributed by atoms with Crippen LogP contribution >= 0.6 is 0 Å². The van der Waals surface area contributed by atoms with Crippen LogP contribution in [0.1, 0.15) is 31.6 Å². The lowest BCUT2D eigenvalue weighted by molar-refractivity contribution is 0.242. The molecule has 0 amide bonds. The Hall–Kier alpha value is -0.800. The predicted molar refractivity (Wildman–Crippen MR) is 57.8 cm³/mol. The van der Waals surface area contributed by atoms with Crippen molar-refractivity contribution in [3.05, 3.63) is 23.7 Å². The summed E-state index contributed by atoms with van der Waals surface area (Å²) < 4.78 is 5.28. The summed E-state index contributed by atoms with van der Waals surface area (Å²) in [6, 6.07) is 2.59. The first kappa shape index (κ1) is 11.3. The van der Waals surface area contributed by atoms with Crippen LogP contribution in [0.5, 0.6) is 0 Å². The number of hydrogen-bond donors (Lipinski definition) is 1. The summed E-state index contributed by atoms with van der Waals surface area (Å²) in [6.45, 7) is 5.82. The maximum Gasteiger partial charge on any atom is 0.121 e. The fraction of sp³-hybridized carbons (Fsp3) is 0.636. The Labute approximate surface area is 85.9 Å². The highest BCUT2D eigenvalue weighted by molar-refractivity contribution is 5.16. The third kappa shape index (κ3) is 2.59. The minimum atomic E-state index is 0.483. The molecule has 0 aliphatic carbocycles. The van der Waals surface area contributed by atoms with Gasteiger partial charge in [0.25, 0.3) is 0 Å². The second-order valence-corrected chi connectivity index (χ2v) is 3.75. The van der Waals surface area contributed by atoms with Gasteiger partial charge in [0.05, 0.1) is 12.8 Å². The zero-order valence-corrected chi connectivity index (χ0v) is 9.29. The molecule has 1 atom stereocenters. The lowest BCUT2D eigenvalue weighted by Gasteiger charge is -2.23. The van der Waals surface area contributed by atoms with Gasteiger partial charge in [-0.15, -0.1) is 0 Å². The Morgan fingerprint density at radius 3 is 2.86 bits per heavy atom. The van der Waals surface area contributed by atoms with E-state index in [1.54, 1.807) is 6.26 Å². The first-order chi connectivity index (χ1) is 6.69. The molecule has 3 heteroatoms. The topological polar surface area (TPSA) is 42.4 Å². The van der Waals surface area contributed by atoms with E-state index < -0.39 is 0 Å². The maximum atomic E-state index is 5.57. The van der Waals surface area contributed by atoms with Gasteiger partial charge in [0.1, 0.15) is 5.76 Å². The Kier molecular flexibility index (Phi) is 4.17. The highest BCUT2D eigenvalue weighted by Gasteiger charge is 2.11. The van der Waals surface area contributed by atoms with Crippen LogP contribution < -0.4 is 5.73 Å². The molecule has 1 heterocycles. The largest absolute Gasteiger partial charge is 0.468 e. The van der Waals surface area contributed by atoms with E-state index in [4.69, 9.17) is 10.2 Å². The Morgan fingerprint density at radius 1 is 1.57 bits per heavy atom. The summed E-state index contributed by atoms with van der Waals surface area (Å²) >= 11 is 0. The van der Waals surface area contributed by atoms with Crippen molar-refractivity contribution >= 4 is 0 Å². The first-order valence-electron chi connectivity index (χ1n) is 5.14. The van der Waals surface area contributed by atoms with Crippen LogP contribution in [0.4, 0.5) is 0 Å². The summed E-state index contributed by atoms with van der Waals surface area (Å²) in [7, 11) is 2.13. The van der Waals surface area contributed by atoms with E-state index in [1.165, 1.54) is 5.56 Å². The number of furan rings is 1. The van der Waals surface area contributed by atoms with E-state index in [1.807, 2.05) is 6.07 Å². The minimum absolute atomic E-state index is 0.483. The Balaban J connectivity index is 2.59. The third-order valence-corrected chi connectivity index (χ3v) is 2.79. The smallest absolute Gasteiger partial charge is 0.121 e. The van der Waals surface area contributed by atoms with Gasteiger partial charge in [-0.2, -0.15) is 0 Å². The third-order valence-electron chi connectivity index (χ3n) is 2.79. The molecule has 14 heavy (non-hydrogen) atoms. The molecule has 0 saturated heterocycles. The van der Waals surface area contributed by atoms with Crippen molar-refractivity contribution in [3.63, 3.8) is 0 Å². The van der Waals surface area contributed by atoms with Crippen molar-refractivity contribution in [1.82, 2.24) is 4.90 Å². The predicted octanol–water partition coefficient (Wildman–Crippen LogP) is 1.97. The molecule has 2 N–H and O–H groups in total. The summed E-state index contributed by atoms with van der Waals surface area (Å²) in [5.74, 6) is 0.903. The molecule has 0 saturated carbocycles. The van der Waals surface area contributed by atoms with E-state index in [9.17, 15) is 0 Å².